The molecule has 0 aliphatic heterocycles. The molecule has 0 unspecified atom stereocenters. The number of rotatable bonds is 5. The number of benzene rings is 2. The Morgan fingerprint density at radius 3 is 2.33 bits per heavy atom. The van der Waals surface area contributed by atoms with E-state index in [1.807, 2.05) is 45.0 Å². The van der Waals surface area contributed by atoms with Crippen LogP contribution >= 0.6 is 11.8 Å². The van der Waals surface area contributed by atoms with Gasteiger partial charge < -0.3 is 10.1 Å². The molecule has 126 valence electrons. The first-order valence-corrected chi connectivity index (χ1v) is 8.58. The molecule has 2 aromatic rings. The number of nitrogens with one attached hydrogen (secondary N) is 1. The summed E-state index contributed by atoms with van der Waals surface area (Å²) in [6.45, 7) is 6.00. The SMILES string of the molecule is COC(=O)c1ccccc1SCC(=O)Nc1c(C)cc(C)cc1C. The maximum atomic E-state index is 12.3. The van der Waals surface area contributed by atoms with Crippen molar-refractivity contribution in [3.8, 4) is 0 Å². The Hall–Kier alpha value is -2.27. The molecule has 4 nitrogen and oxygen atoms in total. The van der Waals surface area contributed by atoms with Crippen LogP contribution in [0.4, 0.5) is 5.69 Å². The first kappa shape index (κ1) is 18.1. The summed E-state index contributed by atoms with van der Waals surface area (Å²) in [7, 11) is 1.35. The van der Waals surface area contributed by atoms with Gasteiger partial charge in [-0.1, -0.05) is 29.8 Å². The fraction of sp³-hybridized carbons (Fsp3) is 0.263. The van der Waals surface area contributed by atoms with Crippen molar-refractivity contribution < 1.29 is 14.3 Å². The third kappa shape index (κ3) is 4.38. The fourth-order valence-corrected chi connectivity index (χ4v) is 3.41. The van der Waals surface area contributed by atoms with Crippen molar-refractivity contribution in [2.75, 3.05) is 18.2 Å². The molecule has 0 aliphatic carbocycles. The third-order valence-corrected chi connectivity index (χ3v) is 4.67. The minimum Gasteiger partial charge on any atom is -0.465 e. The second kappa shape index (κ2) is 8.02. The van der Waals surface area contributed by atoms with Crippen LogP contribution in [0.5, 0.6) is 0 Å². The lowest BCUT2D eigenvalue weighted by Gasteiger charge is -2.13. The Labute approximate surface area is 146 Å². The van der Waals surface area contributed by atoms with E-state index in [4.69, 9.17) is 4.74 Å². The lowest BCUT2D eigenvalue weighted by Crippen LogP contribution is -2.16. The van der Waals surface area contributed by atoms with Crippen LogP contribution in [0, 0.1) is 20.8 Å². The largest absolute Gasteiger partial charge is 0.465 e. The number of amides is 1. The lowest BCUT2D eigenvalue weighted by atomic mass is 10.1. The standard InChI is InChI=1S/C19H21NO3S/c1-12-9-13(2)18(14(3)10-12)20-17(21)11-24-16-8-6-5-7-15(16)19(22)23-4/h5-10H,11H2,1-4H3,(H,20,21). The second-order valence-corrected chi connectivity index (χ2v) is 6.62. The predicted octanol–water partition coefficient (Wildman–Crippen LogP) is 4.13. The first-order chi connectivity index (χ1) is 11.4. The molecule has 0 bridgehead atoms. The Balaban J connectivity index is 2.06. The molecule has 0 spiro atoms. The Morgan fingerprint density at radius 1 is 1.08 bits per heavy atom. The monoisotopic (exact) mass is 343 g/mol. The summed E-state index contributed by atoms with van der Waals surface area (Å²) in [5.41, 5.74) is 4.58. The Bertz CT molecular complexity index is 748. The zero-order chi connectivity index (χ0) is 17.7. The molecule has 5 heteroatoms. The molecule has 0 saturated carbocycles. The quantitative estimate of drug-likeness (QED) is 0.655. The molecular formula is C19H21NO3S. The molecule has 0 atom stereocenters. The van der Waals surface area contributed by atoms with Gasteiger partial charge in [-0.2, -0.15) is 0 Å². The normalized spacial score (nSPS) is 10.3. The van der Waals surface area contributed by atoms with Crippen LogP contribution in [0.3, 0.4) is 0 Å². The molecule has 1 amide bonds. The van der Waals surface area contributed by atoms with Crippen LogP contribution < -0.4 is 5.32 Å². The molecule has 2 aromatic carbocycles. The lowest BCUT2D eigenvalue weighted by molar-refractivity contribution is -0.113. The van der Waals surface area contributed by atoms with Gasteiger partial charge in [0.25, 0.3) is 0 Å². The first-order valence-electron chi connectivity index (χ1n) is 7.60. The topological polar surface area (TPSA) is 55.4 Å². The summed E-state index contributed by atoms with van der Waals surface area (Å²) in [4.78, 5) is 24.8. The van der Waals surface area contributed by atoms with Crippen LogP contribution in [-0.4, -0.2) is 24.7 Å². The van der Waals surface area contributed by atoms with Crippen molar-refractivity contribution >= 4 is 29.3 Å². The van der Waals surface area contributed by atoms with E-state index in [1.165, 1.54) is 24.4 Å². The number of aryl methyl sites for hydroxylation is 3. The van der Waals surface area contributed by atoms with Crippen molar-refractivity contribution in [2.45, 2.75) is 25.7 Å². The van der Waals surface area contributed by atoms with Crippen LogP contribution in [0.25, 0.3) is 0 Å². The van der Waals surface area contributed by atoms with E-state index in [2.05, 4.69) is 5.32 Å². The summed E-state index contributed by atoms with van der Waals surface area (Å²) in [5.74, 6) is -0.278. The fourth-order valence-electron chi connectivity index (χ4n) is 2.57. The summed E-state index contributed by atoms with van der Waals surface area (Å²) < 4.78 is 4.77. The van der Waals surface area contributed by atoms with Crippen LogP contribution in [0.2, 0.25) is 0 Å². The van der Waals surface area contributed by atoms with Gasteiger partial charge in [-0.05, 0) is 44.0 Å². The van der Waals surface area contributed by atoms with Gasteiger partial charge in [-0.3, -0.25) is 4.79 Å². The highest BCUT2D eigenvalue weighted by atomic mass is 32.2. The van der Waals surface area contributed by atoms with Gasteiger partial charge in [0.15, 0.2) is 0 Å². The average Bonchev–Trinajstić information content (AvgIpc) is 2.55. The average molecular weight is 343 g/mol. The molecule has 0 radical (unpaired) electrons. The molecule has 24 heavy (non-hydrogen) atoms. The molecule has 1 N–H and O–H groups in total. The van der Waals surface area contributed by atoms with E-state index in [0.717, 1.165) is 21.7 Å². The molecule has 2 rings (SSSR count). The van der Waals surface area contributed by atoms with Crippen LogP contribution in [0.1, 0.15) is 27.0 Å². The zero-order valence-corrected chi connectivity index (χ0v) is 15.1. The highest BCUT2D eigenvalue weighted by molar-refractivity contribution is 8.00. The van der Waals surface area contributed by atoms with E-state index in [9.17, 15) is 9.59 Å². The van der Waals surface area contributed by atoms with Crippen molar-refractivity contribution in [1.29, 1.82) is 0 Å². The van der Waals surface area contributed by atoms with Gasteiger partial charge in [0, 0.05) is 10.6 Å². The van der Waals surface area contributed by atoms with Gasteiger partial charge in [-0.15, -0.1) is 11.8 Å². The van der Waals surface area contributed by atoms with Crippen molar-refractivity contribution in [2.24, 2.45) is 0 Å². The van der Waals surface area contributed by atoms with E-state index in [0.29, 0.717) is 5.56 Å². The minimum absolute atomic E-state index is 0.102. The van der Waals surface area contributed by atoms with Gasteiger partial charge in [0.1, 0.15) is 0 Å². The number of carbonyl (C=O) groups is 2. The zero-order valence-electron chi connectivity index (χ0n) is 14.3. The Kier molecular flexibility index (Phi) is 6.04. The number of hydrogen-bond donors (Lipinski definition) is 1. The van der Waals surface area contributed by atoms with E-state index in [-0.39, 0.29) is 11.7 Å². The molecule has 0 aromatic heterocycles. The van der Waals surface area contributed by atoms with E-state index in [1.54, 1.807) is 12.1 Å². The number of thioether (sulfide) groups is 1. The second-order valence-electron chi connectivity index (χ2n) is 5.60. The summed E-state index contributed by atoms with van der Waals surface area (Å²) >= 11 is 1.32. The molecular weight excluding hydrogens is 322 g/mol. The Morgan fingerprint density at radius 2 is 1.71 bits per heavy atom. The summed E-state index contributed by atoms with van der Waals surface area (Å²) in [5, 5.41) is 2.96. The van der Waals surface area contributed by atoms with Gasteiger partial charge in [0.05, 0.1) is 18.4 Å². The smallest absolute Gasteiger partial charge is 0.338 e. The minimum atomic E-state index is -0.399. The summed E-state index contributed by atoms with van der Waals surface area (Å²) in [6, 6.07) is 11.2. The number of ether oxygens (including phenoxy) is 1. The third-order valence-electron chi connectivity index (χ3n) is 3.59. The van der Waals surface area contributed by atoms with Gasteiger partial charge >= 0.3 is 5.97 Å². The van der Waals surface area contributed by atoms with Crippen LogP contribution in [0.15, 0.2) is 41.3 Å². The number of carbonyl (C=O) groups excluding carboxylic acids is 2. The number of hydrogen-bond acceptors (Lipinski definition) is 4. The van der Waals surface area contributed by atoms with E-state index < -0.39 is 5.97 Å². The molecule has 0 aliphatic rings. The van der Waals surface area contributed by atoms with Gasteiger partial charge in [0.2, 0.25) is 5.91 Å². The van der Waals surface area contributed by atoms with Crippen LogP contribution in [-0.2, 0) is 9.53 Å². The number of methoxy groups -OCH3 is 1. The van der Waals surface area contributed by atoms with E-state index >= 15 is 0 Å². The number of esters is 1. The highest BCUT2D eigenvalue weighted by Crippen LogP contribution is 2.25. The predicted molar refractivity (Wildman–Crippen MR) is 97.8 cm³/mol. The maximum Gasteiger partial charge on any atom is 0.338 e. The number of anilines is 1. The van der Waals surface area contributed by atoms with Crippen molar-refractivity contribution in [3.05, 3.63) is 58.7 Å². The summed E-state index contributed by atoms with van der Waals surface area (Å²) in [6.07, 6.45) is 0. The molecule has 0 heterocycles. The van der Waals surface area contributed by atoms with Crippen molar-refractivity contribution in [1.82, 2.24) is 0 Å². The maximum absolute atomic E-state index is 12.3. The molecule has 0 saturated heterocycles. The van der Waals surface area contributed by atoms with Gasteiger partial charge in [-0.25, -0.2) is 4.79 Å². The molecule has 0 fully saturated rings. The van der Waals surface area contributed by atoms with Crippen molar-refractivity contribution in [3.63, 3.8) is 0 Å². The highest BCUT2D eigenvalue weighted by Gasteiger charge is 2.14.